The van der Waals surface area contributed by atoms with E-state index in [1.54, 1.807) is 12.1 Å². The average Bonchev–Trinajstić information content (AvgIpc) is 2.87. The summed E-state index contributed by atoms with van der Waals surface area (Å²) in [6.45, 7) is 0.580. The van der Waals surface area contributed by atoms with E-state index in [1.807, 2.05) is 60.7 Å². The van der Waals surface area contributed by atoms with Crippen molar-refractivity contribution in [2.45, 2.75) is 26.1 Å². The van der Waals surface area contributed by atoms with Crippen molar-refractivity contribution < 1.29 is 27.4 Å². The summed E-state index contributed by atoms with van der Waals surface area (Å²) in [5, 5.41) is 0. The zero-order valence-corrected chi connectivity index (χ0v) is 18.7. The third kappa shape index (κ3) is 6.74. The van der Waals surface area contributed by atoms with Crippen LogP contribution in [0.5, 0.6) is 17.5 Å². The highest BCUT2D eigenvalue weighted by Gasteiger charge is 2.32. The second-order valence-electron chi connectivity index (χ2n) is 7.63. The van der Waals surface area contributed by atoms with Gasteiger partial charge in [0.05, 0.1) is 0 Å². The van der Waals surface area contributed by atoms with E-state index in [9.17, 15) is 13.2 Å². The monoisotopic (exact) mass is 480 g/mol. The molecule has 0 aliphatic rings. The van der Waals surface area contributed by atoms with E-state index in [0.717, 1.165) is 11.1 Å². The fourth-order valence-electron chi connectivity index (χ4n) is 3.40. The van der Waals surface area contributed by atoms with Crippen molar-refractivity contribution in [1.29, 1.82) is 0 Å². The highest BCUT2D eigenvalue weighted by Crippen LogP contribution is 2.39. The zero-order valence-electron chi connectivity index (χ0n) is 18.7. The molecule has 2 N–H and O–H groups in total. The summed E-state index contributed by atoms with van der Waals surface area (Å²) in [4.78, 5) is 4.46. The Morgan fingerprint density at radius 1 is 0.686 bits per heavy atom. The average molecular weight is 480 g/mol. The lowest BCUT2D eigenvalue weighted by molar-refractivity contribution is -0.274. The van der Waals surface area contributed by atoms with Gasteiger partial charge in [-0.3, -0.25) is 0 Å². The summed E-state index contributed by atoms with van der Waals surface area (Å²) in [5.41, 5.74) is 8.67. The minimum Gasteiger partial charge on any atom is -0.473 e. The number of benzene rings is 3. The highest BCUT2D eigenvalue weighted by atomic mass is 19.4. The Morgan fingerprint density at radius 3 is 1.91 bits per heavy atom. The van der Waals surface area contributed by atoms with Gasteiger partial charge in [0.15, 0.2) is 0 Å². The summed E-state index contributed by atoms with van der Waals surface area (Å²) >= 11 is 0. The molecule has 1 heterocycles. The summed E-state index contributed by atoms with van der Waals surface area (Å²) < 4.78 is 55.4. The number of rotatable bonds is 9. The van der Waals surface area contributed by atoms with Crippen LogP contribution < -0.4 is 19.9 Å². The Hall–Kier alpha value is -4.04. The normalized spacial score (nSPS) is 11.2. The number of nitrogens with two attached hydrogens (primary N) is 1. The zero-order chi connectivity index (χ0) is 24.7. The van der Waals surface area contributed by atoms with Gasteiger partial charge in [0.2, 0.25) is 11.8 Å². The van der Waals surface area contributed by atoms with Crippen molar-refractivity contribution in [3.8, 4) is 28.6 Å². The van der Waals surface area contributed by atoms with Crippen molar-refractivity contribution in [2.75, 3.05) is 0 Å². The molecule has 0 unspecified atom stereocenters. The predicted octanol–water partition coefficient (Wildman–Crippen LogP) is 6.26. The third-order valence-corrected chi connectivity index (χ3v) is 5.08. The minimum atomic E-state index is -4.86. The maximum absolute atomic E-state index is 13.1. The first kappa shape index (κ1) is 24.1. The molecule has 3 aromatic carbocycles. The quantitative estimate of drug-likeness (QED) is 0.306. The van der Waals surface area contributed by atoms with Gasteiger partial charge in [-0.15, -0.1) is 13.2 Å². The number of halogens is 3. The van der Waals surface area contributed by atoms with Crippen molar-refractivity contribution in [1.82, 2.24) is 4.98 Å². The second-order valence-corrected chi connectivity index (χ2v) is 7.63. The topological polar surface area (TPSA) is 66.6 Å². The number of alkyl halides is 3. The molecule has 8 heteroatoms. The number of hydrogen-bond acceptors (Lipinski definition) is 5. The number of pyridine rings is 1. The summed E-state index contributed by atoms with van der Waals surface area (Å²) in [5.74, 6) is 0.00793. The molecule has 4 rings (SSSR count). The van der Waals surface area contributed by atoms with E-state index in [1.165, 1.54) is 18.2 Å². The summed E-state index contributed by atoms with van der Waals surface area (Å²) in [7, 11) is 0. The van der Waals surface area contributed by atoms with Crippen LogP contribution in [0.1, 0.15) is 16.7 Å². The van der Waals surface area contributed by atoms with Crippen LogP contribution in [0.2, 0.25) is 0 Å². The fraction of sp³-hybridized carbons (Fsp3) is 0.148. The lowest BCUT2D eigenvalue weighted by Crippen LogP contribution is -2.18. The number of ether oxygens (including phenoxy) is 3. The van der Waals surface area contributed by atoms with Gasteiger partial charge < -0.3 is 19.9 Å². The molecule has 0 saturated carbocycles. The molecule has 0 aliphatic heterocycles. The molecule has 0 radical (unpaired) electrons. The van der Waals surface area contributed by atoms with Gasteiger partial charge in [-0.2, -0.15) is 4.98 Å². The Morgan fingerprint density at radius 2 is 1.31 bits per heavy atom. The SMILES string of the molecule is NCc1ccc(OC(F)(F)F)c(-c2ccc(OCc3ccccc3)nc2OCc2ccccc2)c1. The van der Waals surface area contributed by atoms with Gasteiger partial charge in [0.1, 0.15) is 19.0 Å². The fourth-order valence-corrected chi connectivity index (χ4v) is 3.40. The maximum Gasteiger partial charge on any atom is 0.573 e. The van der Waals surface area contributed by atoms with E-state index in [0.29, 0.717) is 11.1 Å². The van der Waals surface area contributed by atoms with E-state index in [4.69, 9.17) is 15.2 Å². The molecule has 0 atom stereocenters. The molecule has 35 heavy (non-hydrogen) atoms. The van der Waals surface area contributed by atoms with Crippen LogP contribution in [0.4, 0.5) is 13.2 Å². The van der Waals surface area contributed by atoms with E-state index in [-0.39, 0.29) is 42.8 Å². The van der Waals surface area contributed by atoms with Crippen molar-refractivity contribution in [3.05, 3.63) is 108 Å². The first-order valence-electron chi connectivity index (χ1n) is 10.8. The Balaban J connectivity index is 1.70. The van der Waals surface area contributed by atoms with Gasteiger partial charge >= 0.3 is 6.36 Å². The van der Waals surface area contributed by atoms with Crippen molar-refractivity contribution >= 4 is 0 Å². The molecule has 180 valence electrons. The van der Waals surface area contributed by atoms with E-state index >= 15 is 0 Å². The molecule has 0 spiro atoms. The first-order valence-corrected chi connectivity index (χ1v) is 10.8. The van der Waals surface area contributed by atoms with Crippen LogP contribution in [-0.4, -0.2) is 11.3 Å². The number of nitrogens with zero attached hydrogens (tertiary/aromatic N) is 1. The van der Waals surface area contributed by atoms with Crippen LogP contribution in [0, 0.1) is 0 Å². The van der Waals surface area contributed by atoms with Crippen molar-refractivity contribution in [2.24, 2.45) is 5.73 Å². The smallest absolute Gasteiger partial charge is 0.473 e. The molecule has 0 aliphatic carbocycles. The van der Waals surface area contributed by atoms with Crippen LogP contribution in [0.3, 0.4) is 0 Å². The lowest BCUT2D eigenvalue weighted by Gasteiger charge is -2.17. The largest absolute Gasteiger partial charge is 0.573 e. The summed E-state index contributed by atoms with van der Waals surface area (Å²) in [6, 6.07) is 26.4. The molecular formula is C27H23F3N2O3. The van der Waals surface area contributed by atoms with E-state index in [2.05, 4.69) is 9.72 Å². The van der Waals surface area contributed by atoms with E-state index < -0.39 is 6.36 Å². The molecule has 4 aromatic rings. The molecule has 0 fully saturated rings. The van der Waals surface area contributed by atoms with Crippen molar-refractivity contribution in [3.63, 3.8) is 0 Å². The molecular weight excluding hydrogens is 457 g/mol. The second kappa shape index (κ2) is 10.9. The van der Waals surface area contributed by atoms with Gasteiger partial charge in [-0.25, -0.2) is 0 Å². The predicted molar refractivity (Wildman–Crippen MR) is 126 cm³/mol. The standard InChI is InChI=1S/C27H23F3N2O3/c28-27(29,30)35-24-13-11-21(16-31)15-23(24)22-12-14-25(33-17-19-7-3-1-4-8-19)32-26(22)34-18-20-9-5-2-6-10-20/h1-15H,16-18,31H2. The minimum absolute atomic E-state index is 0.112. The van der Waals surface area contributed by atoms with Crippen LogP contribution in [-0.2, 0) is 19.8 Å². The molecule has 1 aromatic heterocycles. The third-order valence-electron chi connectivity index (χ3n) is 5.08. The van der Waals surface area contributed by atoms with Gasteiger partial charge in [0, 0.05) is 23.7 Å². The van der Waals surface area contributed by atoms with Crippen LogP contribution in [0.25, 0.3) is 11.1 Å². The highest BCUT2D eigenvalue weighted by molar-refractivity contribution is 5.75. The van der Waals surface area contributed by atoms with Crippen LogP contribution >= 0.6 is 0 Å². The lowest BCUT2D eigenvalue weighted by atomic mass is 10.0. The number of aromatic nitrogens is 1. The van der Waals surface area contributed by atoms with Crippen LogP contribution in [0.15, 0.2) is 91.0 Å². The first-order chi connectivity index (χ1) is 16.9. The Kier molecular flexibility index (Phi) is 7.52. The van der Waals surface area contributed by atoms with Gasteiger partial charge in [-0.1, -0.05) is 66.7 Å². The number of hydrogen-bond donors (Lipinski definition) is 1. The van der Waals surface area contributed by atoms with Gasteiger partial charge in [-0.05, 0) is 34.9 Å². The Labute approximate surface area is 200 Å². The summed E-state index contributed by atoms with van der Waals surface area (Å²) in [6.07, 6.45) is -4.86. The molecule has 5 nitrogen and oxygen atoms in total. The Bertz CT molecular complexity index is 1250. The molecule has 0 bridgehead atoms. The van der Waals surface area contributed by atoms with Gasteiger partial charge in [0.25, 0.3) is 0 Å². The molecule has 0 saturated heterocycles. The molecule has 0 amide bonds. The maximum atomic E-state index is 13.1.